The third kappa shape index (κ3) is 7.83. The molecule has 0 radical (unpaired) electrons. The number of hydrogen-bond donors (Lipinski definition) is 4. The van der Waals surface area contributed by atoms with Crippen LogP contribution in [0.15, 0.2) is 23.6 Å². The van der Waals surface area contributed by atoms with Gasteiger partial charge in [0.2, 0.25) is 11.8 Å². The number of anilines is 1. The average molecular weight is 847 g/mol. The fraction of sp³-hybridized carbons (Fsp3) is 0.600. The van der Waals surface area contributed by atoms with Crippen molar-refractivity contribution in [3.05, 3.63) is 28.6 Å². The van der Waals surface area contributed by atoms with Gasteiger partial charge in [-0.05, 0) is 56.6 Å². The zero-order chi connectivity index (χ0) is 42.1. The highest BCUT2D eigenvalue weighted by Gasteiger charge is 2.72. The summed E-state index contributed by atoms with van der Waals surface area (Å²) in [5.41, 5.74) is -0.987. The summed E-state index contributed by atoms with van der Waals surface area (Å²) in [5, 5.41) is 22.1. The summed E-state index contributed by atoms with van der Waals surface area (Å²) in [6, 6.07) is 2.88. The molecule has 3 aliphatic carbocycles. The number of methoxy groups -OCH3 is 1. The first kappa shape index (κ1) is 41.6. The topological polar surface area (TPSA) is 181 Å². The maximum absolute atomic E-state index is 14.7. The summed E-state index contributed by atoms with van der Waals surface area (Å²) in [5.74, 6) is -6.36. The number of pyridine rings is 1. The number of carbonyl (C=O) groups excluding carboxylic acids is 3. The summed E-state index contributed by atoms with van der Waals surface area (Å²) < 4.78 is 45.3. The smallest absolute Gasteiger partial charge is 0.408 e. The van der Waals surface area contributed by atoms with E-state index in [1.54, 1.807) is 39.0 Å². The quantitative estimate of drug-likeness (QED) is 0.143. The molecule has 7 rings (SSSR count). The molecule has 4 aliphatic rings. The molecule has 58 heavy (non-hydrogen) atoms. The number of alkyl halides is 2. The van der Waals surface area contributed by atoms with E-state index in [0.717, 1.165) is 0 Å². The number of thiazole rings is 1. The molecule has 1 aliphatic heterocycles. The minimum Gasteiger partial charge on any atom is -0.495 e. The number of rotatable bonds is 13. The van der Waals surface area contributed by atoms with Crippen LogP contribution in [0.5, 0.6) is 11.5 Å². The molecule has 4 N–H and O–H groups in total. The van der Waals surface area contributed by atoms with Gasteiger partial charge in [-0.25, -0.2) is 28.3 Å². The monoisotopic (exact) mass is 846 g/mol. The van der Waals surface area contributed by atoms with Crippen molar-refractivity contribution in [1.82, 2.24) is 25.5 Å². The van der Waals surface area contributed by atoms with Crippen LogP contribution in [0.2, 0.25) is 5.02 Å². The molecule has 8 atom stereocenters. The Labute approximate surface area is 343 Å². The van der Waals surface area contributed by atoms with E-state index >= 15 is 0 Å². The fourth-order valence-corrected chi connectivity index (χ4v) is 9.56. The Balaban J connectivity index is 1.19. The molecular formula is C40H49ClF2N6O8S. The Morgan fingerprint density at radius 3 is 2.38 bits per heavy atom. The number of aromatic nitrogens is 2. The molecule has 1 saturated heterocycles. The van der Waals surface area contributed by atoms with Gasteiger partial charge >= 0.3 is 12.1 Å². The van der Waals surface area contributed by atoms with Crippen molar-refractivity contribution < 1.29 is 47.3 Å². The Morgan fingerprint density at radius 2 is 1.78 bits per heavy atom. The second kappa shape index (κ2) is 15.3. The van der Waals surface area contributed by atoms with E-state index in [2.05, 4.69) is 16.0 Å². The van der Waals surface area contributed by atoms with E-state index in [1.165, 1.54) is 23.3 Å². The minimum atomic E-state index is -2.74. The number of fused-ring (bicyclic) bond motifs is 2. The lowest BCUT2D eigenvalue weighted by Crippen LogP contribution is -2.59. The van der Waals surface area contributed by atoms with E-state index < -0.39 is 76.9 Å². The van der Waals surface area contributed by atoms with Crippen molar-refractivity contribution in [2.75, 3.05) is 19.0 Å². The predicted octanol–water partition coefficient (Wildman–Crippen LogP) is 6.74. The van der Waals surface area contributed by atoms with Crippen LogP contribution in [-0.2, 0) is 19.1 Å². The van der Waals surface area contributed by atoms with Crippen LogP contribution in [0.25, 0.3) is 22.3 Å². The number of amides is 3. The van der Waals surface area contributed by atoms with Crippen LogP contribution in [0.3, 0.4) is 0 Å². The number of carbonyl (C=O) groups is 4. The Kier molecular flexibility index (Phi) is 11.0. The first-order valence-corrected chi connectivity index (χ1v) is 20.8. The zero-order valence-electron chi connectivity index (χ0n) is 33.4. The number of alkyl carbamates (subject to hydrolysis) is 1. The standard InChI is InChI=1S/C40H49ClF2N6O8S/c1-8-19-15-39(19,35(52)53)48-33(50)27-13-21(16-49(27)34(51)32(38(4,5)6)47-37(54)57-20-11-23-24(12-20)40(23,42)43)56-29-14-25(26-17-58-36(46-26)44-18(2)3)45-31-22(29)9-10-28(55-7)30(31)41/h9-10,14,17-21,23-24,27,32H,8,11-13,15-16H2,1-7H3,(H,44,46)(H,47,54)(H,48,50)(H,52,53)/t19-,20-,21-,23+,24-,27+,32-,39-/m1/s1. The molecule has 3 saturated carbocycles. The lowest BCUT2D eigenvalue weighted by molar-refractivity contribution is -0.146. The molecule has 0 bridgehead atoms. The van der Waals surface area contributed by atoms with E-state index in [-0.39, 0.29) is 49.2 Å². The van der Waals surface area contributed by atoms with Gasteiger partial charge in [0, 0.05) is 41.1 Å². The minimum absolute atomic E-state index is 0.0212. The number of hydrogen-bond acceptors (Lipinski definition) is 11. The molecule has 1 aromatic carbocycles. The van der Waals surface area contributed by atoms with Crippen molar-refractivity contribution in [2.24, 2.45) is 23.2 Å². The number of ether oxygens (including phenoxy) is 3. The average Bonchev–Trinajstić information content (AvgIpc) is 3.58. The maximum atomic E-state index is 14.7. The molecule has 3 amide bonds. The highest BCUT2D eigenvalue weighted by Crippen LogP contribution is 2.64. The van der Waals surface area contributed by atoms with Crippen molar-refractivity contribution in [1.29, 1.82) is 0 Å². The van der Waals surface area contributed by atoms with E-state index in [0.29, 0.717) is 45.3 Å². The van der Waals surface area contributed by atoms with Gasteiger partial charge in [0.25, 0.3) is 5.92 Å². The molecular weight excluding hydrogens is 798 g/mol. The highest BCUT2D eigenvalue weighted by atomic mass is 35.5. The second-order valence-electron chi connectivity index (χ2n) is 17.2. The summed E-state index contributed by atoms with van der Waals surface area (Å²) in [6.07, 6.45) is -1.59. The highest BCUT2D eigenvalue weighted by molar-refractivity contribution is 7.14. The molecule has 3 heterocycles. The van der Waals surface area contributed by atoms with Crippen LogP contribution in [0.1, 0.15) is 73.6 Å². The summed E-state index contributed by atoms with van der Waals surface area (Å²) in [6.45, 7) is 10.9. The number of halogens is 3. The molecule has 314 valence electrons. The molecule has 3 aromatic rings. The lowest BCUT2D eigenvalue weighted by atomic mass is 9.85. The Bertz CT molecular complexity index is 2120. The third-order valence-electron chi connectivity index (χ3n) is 11.8. The normalized spacial score (nSPS) is 27.5. The fourth-order valence-electron chi connectivity index (χ4n) is 8.43. The molecule has 0 spiro atoms. The van der Waals surface area contributed by atoms with Crippen molar-refractivity contribution in [3.8, 4) is 22.9 Å². The van der Waals surface area contributed by atoms with Crippen LogP contribution < -0.4 is 25.4 Å². The van der Waals surface area contributed by atoms with Gasteiger partial charge in [-0.2, -0.15) is 0 Å². The number of likely N-dealkylation sites (tertiary alicyclic amines) is 1. The van der Waals surface area contributed by atoms with Crippen LogP contribution in [0, 0.1) is 23.2 Å². The Morgan fingerprint density at radius 1 is 1.07 bits per heavy atom. The van der Waals surface area contributed by atoms with Crippen molar-refractivity contribution in [2.45, 2.75) is 115 Å². The molecule has 2 aromatic heterocycles. The number of nitrogens with zero attached hydrogens (tertiary/aromatic N) is 3. The molecule has 18 heteroatoms. The van der Waals surface area contributed by atoms with Gasteiger partial charge < -0.3 is 40.2 Å². The summed E-state index contributed by atoms with van der Waals surface area (Å²) in [4.78, 5) is 65.3. The Hall–Kier alpha value is -4.51. The molecule has 0 unspecified atom stereocenters. The molecule has 4 fully saturated rings. The van der Waals surface area contributed by atoms with Gasteiger partial charge in [-0.3, -0.25) is 9.59 Å². The van der Waals surface area contributed by atoms with Crippen molar-refractivity contribution in [3.63, 3.8) is 0 Å². The zero-order valence-corrected chi connectivity index (χ0v) is 34.9. The van der Waals surface area contributed by atoms with Gasteiger partial charge in [-0.1, -0.05) is 45.7 Å². The van der Waals surface area contributed by atoms with E-state index in [4.69, 9.17) is 35.8 Å². The first-order valence-electron chi connectivity index (χ1n) is 19.5. The summed E-state index contributed by atoms with van der Waals surface area (Å²) >= 11 is 8.21. The van der Waals surface area contributed by atoms with Crippen LogP contribution >= 0.6 is 22.9 Å². The number of aliphatic carboxylic acids is 1. The third-order valence-corrected chi connectivity index (χ3v) is 12.9. The summed E-state index contributed by atoms with van der Waals surface area (Å²) in [7, 11) is 1.49. The molecule has 14 nitrogen and oxygen atoms in total. The van der Waals surface area contributed by atoms with Gasteiger partial charge in [0.05, 0.1) is 24.9 Å². The van der Waals surface area contributed by atoms with Gasteiger partial charge in [0.1, 0.15) is 52.0 Å². The lowest BCUT2D eigenvalue weighted by Gasteiger charge is -2.35. The first-order chi connectivity index (χ1) is 27.3. The maximum Gasteiger partial charge on any atom is 0.408 e. The second-order valence-corrected chi connectivity index (χ2v) is 18.4. The SMILES string of the molecule is CC[C@@H]1C[C@]1(NC(=O)[C@@H]1C[C@@H](Oc2cc(-c3csc(NC(C)C)n3)nc3c(Cl)c(OC)ccc23)CN1C(=O)[C@@H](NC(=O)O[C@H]1C[C@@H]2[C@H](C1)C2(F)F)C(C)(C)C)C(=O)O. The van der Waals surface area contributed by atoms with Crippen molar-refractivity contribution >= 4 is 62.8 Å². The number of benzene rings is 1. The number of carboxylic acid groups (broad SMARTS) is 1. The van der Waals surface area contributed by atoms with Crippen LogP contribution in [0.4, 0.5) is 18.7 Å². The number of nitrogens with one attached hydrogen (secondary N) is 3. The van der Waals surface area contributed by atoms with E-state index in [1.807, 2.05) is 26.2 Å². The van der Waals surface area contributed by atoms with E-state index in [9.17, 15) is 33.1 Å². The van der Waals surface area contributed by atoms with Gasteiger partial charge in [0.15, 0.2) is 5.13 Å². The largest absolute Gasteiger partial charge is 0.495 e. The number of carboxylic acids is 1. The van der Waals surface area contributed by atoms with Gasteiger partial charge in [-0.15, -0.1) is 11.3 Å². The predicted molar refractivity (Wildman–Crippen MR) is 212 cm³/mol. The van der Waals surface area contributed by atoms with Crippen LogP contribution in [-0.4, -0.2) is 99.3 Å².